The normalized spacial score (nSPS) is 15.2. The van der Waals surface area contributed by atoms with Crippen LogP contribution in [-0.2, 0) is 13.1 Å². The van der Waals surface area contributed by atoms with Gasteiger partial charge in [0.05, 0.1) is 30.3 Å². The van der Waals surface area contributed by atoms with Crippen molar-refractivity contribution in [2.45, 2.75) is 13.1 Å². The number of nitrogens with zero attached hydrogens (tertiary/aromatic N) is 3. The van der Waals surface area contributed by atoms with Crippen molar-refractivity contribution in [2.75, 3.05) is 26.2 Å². The highest BCUT2D eigenvalue weighted by Gasteiger charge is 2.21. The predicted octanol–water partition coefficient (Wildman–Crippen LogP) is 1.54. The number of urea groups is 1. The number of benzene rings is 1. The van der Waals surface area contributed by atoms with Crippen LogP contribution in [0, 0.1) is 0 Å². The molecule has 0 bridgehead atoms. The second-order valence-electron chi connectivity index (χ2n) is 6.53. The first-order valence-electron chi connectivity index (χ1n) is 8.94. The summed E-state index contributed by atoms with van der Waals surface area (Å²) in [5, 5.41) is 3.46. The fourth-order valence-electron chi connectivity index (χ4n) is 3.22. The highest BCUT2D eigenvalue weighted by Crippen LogP contribution is 2.09. The third-order valence-electron chi connectivity index (χ3n) is 4.69. The lowest BCUT2D eigenvalue weighted by Crippen LogP contribution is -2.51. The van der Waals surface area contributed by atoms with E-state index in [0.717, 1.165) is 18.8 Å². The molecule has 0 atom stereocenters. The number of hydrogen-bond donors (Lipinski definition) is 2. The summed E-state index contributed by atoms with van der Waals surface area (Å²) < 4.78 is 5.22. The van der Waals surface area contributed by atoms with Crippen molar-refractivity contribution in [1.82, 2.24) is 25.1 Å². The summed E-state index contributed by atoms with van der Waals surface area (Å²) in [6.45, 7) is 3.65. The Bertz CT molecular complexity index is 974. The molecule has 8 heteroatoms. The van der Waals surface area contributed by atoms with Gasteiger partial charge < -0.3 is 19.6 Å². The van der Waals surface area contributed by atoms with Gasteiger partial charge in [-0.05, 0) is 24.3 Å². The highest BCUT2D eigenvalue weighted by molar-refractivity contribution is 5.77. The van der Waals surface area contributed by atoms with E-state index in [1.165, 1.54) is 0 Å². The van der Waals surface area contributed by atoms with E-state index < -0.39 is 0 Å². The van der Waals surface area contributed by atoms with E-state index in [9.17, 15) is 9.59 Å². The maximum Gasteiger partial charge on any atom is 0.317 e. The first-order chi connectivity index (χ1) is 13.2. The number of carbonyl (C=O) groups excluding carboxylic acids is 1. The minimum Gasteiger partial charge on any atom is -0.467 e. The van der Waals surface area contributed by atoms with Crippen molar-refractivity contribution in [3.8, 4) is 0 Å². The van der Waals surface area contributed by atoms with Crippen LogP contribution in [0.15, 0.2) is 51.9 Å². The Balaban J connectivity index is 1.31. The Morgan fingerprint density at radius 3 is 2.74 bits per heavy atom. The maximum atomic E-state index is 12.2. The number of amides is 2. The molecule has 1 saturated heterocycles. The molecule has 0 unspecified atom stereocenters. The number of aromatic nitrogens is 2. The summed E-state index contributed by atoms with van der Waals surface area (Å²) in [7, 11) is 0. The van der Waals surface area contributed by atoms with Crippen LogP contribution in [0.4, 0.5) is 4.79 Å². The largest absolute Gasteiger partial charge is 0.467 e. The molecular formula is C19H21N5O3. The minimum absolute atomic E-state index is 0.0942. The van der Waals surface area contributed by atoms with Crippen LogP contribution in [0.2, 0.25) is 0 Å². The van der Waals surface area contributed by atoms with Crippen LogP contribution in [0.1, 0.15) is 11.6 Å². The van der Waals surface area contributed by atoms with Crippen LogP contribution in [0.5, 0.6) is 0 Å². The Morgan fingerprint density at radius 1 is 1.15 bits per heavy atom. The second-order valence-corrected chi connectivity index (χ2v) is 6.53. The van der Waals surface area contributed by atoms with Gasteiger partial charge in [0.2, 0.25) is 0 Å². The molecule has 1 aromatic carbocycles. The average Bonchev–Trinajstić information content (AvgIpc) is 3.20. The van der Waals surface area contributed by atoms with E-state index in [4.69, 9.17) is 4.42 Å². The van der Waals surface area contributed by atoms with Crippen LogP contribution in [0.25, 0.3) is 10.9 Å². The Kier molecular flexibility index (Phi) is 4.88. The van der Waals surface area contributed by atoms with Gasteiger partial charge in [-0.2, -0.15) is 0 Å². The van der Waals surface area contributed by atoms with E-state index in [-0.39, 0.29) is 11.6 Å². The minimum atomic E-state index is -0.119. The number of piperazine rings is 1. The molecule has 1 aliphatic heterocycles. The molecule has 0 aliphatic carbocycles. The van der Waals surface area contributed by atoms with E-state index in [1.54, 1.807) is 23.3 Å². The molecule has 2 aromatic heterocycles. The van der Waals surface area contributed by atoms with Gasteiger partial charge in [-0.15, -0.1) is 0 Å². The van der Waals surface area contributed by atoms with Crippen LogP contribution < -0.4 is 10.9 Å². The Labute approximate surface area is 155 Å². The molecule has 140 valence electrons. The summed E-state index contributed by atoms with van der Waals surface area (Å²) in [6.07, 6.45) is 1.59. The number of hydrogen-bond acceptors (Lipinski definition) is 5. The third kappa shape index (κ3) is 4.01. The number of para-hydroxylation sites is 1. The monoisotopic (exact) mass is 367 g/mol. The lowest BCUT2D eigenvalue weighted by Gasteiger charge is -2.34. The number of aromatic amines is 1. The smallest absolute Gasteiger partial charge is 0.317 e. The Hall–Kier alpha value is -3.13. The molecule has 27 heavy (non-hydrogen) atoms. The molecule has 3 aromatic rings. The molecular weight excluding hydrogens is 346 g/mol. The Morgan fingerprint density at radius 2 is 1.96 bits per heavy atom. The number of carbonyl (C=O) groups is 1. The van der Waals surface area contributed by atoms with E-state index in [1.807, 2.05) is 24.3 Å². The van der Waals surface area contributed by atoms with Crippen molar-refractivity contribution < 1.29 is 9.21 Å². The molecule has 8 nitrogen and oxygen atoms in total. The zero-order chi connectivity index (χ0) is 18.6. The van der Waals surface area contributed by atoms with Crippen molar-refractivity contribution in [2.24, 2.45) is 0 Å². The van der Waals surface area contributed by atoms with Gasteiger partial charge in [-0.25, -0.2) is 9.78 Å². The molecule has 0 spiro atoms. The number of fused-ring (bicyclic) bond motifs is 1. The van der Waals surface area contributed by atoms with Crippen molar-refractivity contribution in [3.05, 3.63) is 64.6 Å². The lowest BCUT2D eigenvalue weighted by atomic mass is 10.2. The number of rotatable bonds is 4. The highest BCUT2D eigenvalue weighted by atomic mass is 16.3. The molecule has 2 amide bonds. The summed E-state index contributed by atoms with van der Waals surface area (Å²) in [6, 6.07) is 10.8. The molecule has 1 aliphatic rings. The van der Waals surface area contributed by atoms with E-state index in [2.05, 4.69) is 20.2 Å². The summed E-state index contributed by atoms with van der Waals surface area (Å²) in [4.78, 5) is 35.8. The van der Waals surface area contributed by atoms with Gasteiger partial charge in [0.25, 0.3) is 5.56 Å². The quantitative estimate of drug-likeness (QED) is 0.730. The SMILES string of the molecule is O=C(NCc1ccco1)N1CCN(Cc2nc3ccccc3c(=O)[nH]2)CC1. The topological polar surface area (TPSA) is 94.5 Å². The van der Waals surface area contributed by atoms with E-state index >= 15 is 0 Å². The van der Waals surface area contributed by atoms with Gasteiger partial charge in [0.15, 0.2) is 0 Å². The predicted molar refractivity (Wildman–Crippen MR) is 100 cm³/mol. The fourth-order valence-corrected chi connectivity index (χ4v) is 3.22. The van der Waals surface area contributed by atoms with Gasteiger partial charge >= 0.3 is 6.03 Å². The molecule has 3 heterocycles. The summed E-state index contributed by atoms with van der Waals surface area (Å²) in [5.74, 6) is 1.38. The van der Waals surface area contributed by atoms with Gasteiger partial charge in [-0.1, -0.05) is 12.1 Å². The average molecular weight is 367 g/mol. The van der Waals surface area contributed by atoms with Gasteiger partial charge in [0.1, 0.15) is 11.6 Å². The third-order valence-corrected chi connectivity index (χ3v) is 4.69. The zero-order valence-electron chi connectivity index (χ0n) is 14.9. The molecule has 0 radical (unpaired) electrons. The maximum absolute atomic E-state index is 12.2. The molecule has 0 saturated carbocycles. The first kappa shape index (κ1) is 17.3. The number of nitrogens with one attached hydrogen (secondary N) is 2. The second kappa shape index (κ2) is 7.63. The molecule has 1 fully saturated rings. The van der Waals surface area contributed by atoms with E-state index in [0.29, 0.717) is 42.9 Å². The van der Waals surface area contributed by atoms with Gasteiger partial charge in [0, 0.05) is 26.2 Å². The van der Waals surface area contributed by atoms with Crippen LogP contribution >= 0.6 is 0 Å². The summed E-state index contributed by atoms with van der Waals surface area (Å²) in [5.41, 5.74) is 0.582. The molecule has 2 N–H and O–H groups in total. The number of furan rings is 1. The standard InChI is InChI=1S/C19H21N5O3/c25-18-15-5-1-2-6-16(15)21-17(22-18)13-23-7-9-24(10-8-23)19(26)20-12-14-4-3-11-27-14/h1-6,11H,7-10,12-13H2,(H,20,26)(H,21,22,25). The fraction of sp³-hybridized carbons (Fsp3) is 0.316. The van der Waals surface area contributed by atoms with Crippen molar-refractivity contribution >= 4 is 16.9 Å². The number of H-pyrrole nitrogens is 1. The van der Waals surface area contributed by atoms with Crippen molar-refractivity contribution in [1.29, 1.82) is 0 Å². The van der Waals surface area contributed by atoms with Crippen molar-refractivity contribution in [3.63, 3.8) is 0 Å². The lowest BCUT2D eigenvalue weighted by molar-refractivity contribution is 0.133. The van der Waals surface area contributed by atoms with Crippen LogP contribution in [0.3, 0.4) is 0 Å². The summed E-state index contributed by atoms with van der Waals surface area (Å²) >= 11 is 0. The van der Waals surface area contributed by atoms with Crippen LogP contribution in [-0.4, -0.2) is 52.0 Å². The first-order valence-corrected chi connectivity index (χ1v) is 8.94. The van der Waals surface area contributed by atoms with Gasteiger partial charge in [-0.3, -0.25) is 9.69 Å². The molecule has 4 rings (SSSR count). The zero-order valence-corrected chi connectivity index (χ0v) is 14.9.